The molecule has 0 unspecified atom stereocenters. The van der Waals surface area contributed by atoms with Crippen molar-refractivity contribution in [3.05, 3.63) is 18.0 Å². The fraction of sp³-hybridized carbons (Fsp3) is 0.692. The van der Waals surface area contributed by atoms with Crippen molar-refractivity contribution in [2.24, 2.45) is 7.05 Å². The Hall–Kier alpha value is -1.36. The number of nitrogens with zero attached hydrogens (tertiary/aromatic N) is 3. The van der Waals surface area contributed by atoms with E-state index in [1.165, 1.54) is 5.56 Å². The van der Waals surface area contributed by atoms with Gasteiger partial charge in [0.15, 0.2) is 0 Å². The van der Waals surface area contributed by atoms with Gasteiger partial charge in [-0.15, -0.1) is 0 Å². The van der Waals surface area contributed by atoms with Crippen LogP contribution in [0.15, 0.2) is 12.4 Å². The maximum Gasteiger partial charge on any atom is 0.303 e. The first-order valence-corrected chi connectivity index (χ1v) is 6.42. The second kappa shape index (κ2) is 7.16. The topological polar surface area (TPSA) is 58.4 Å². The minimum absolute atomic E-state index is 0.246. The lowest BCUT2D eigenvalue weighted by atomic mass is 10.2. The first kappa shape index (κ1) is 14.7. The van der Waals surface area contributed by atoms with E-state index < -0.39 is 5.97 Å². The van der Waals surface area contributed by atoms with E-state index in [0.29, 0.717) is 12.5 Å². The van der Waals surface area contributed by atoms with E-state index in [9.17, 15) is 4.79 Å². The van der Waals surface area contributed by atoms with Crippen LogP contribution in [0.4, 0.5) is 0 Å². The molecule has 18 heavy (non-hydrogen) atoms. The summed E-state index contributed by atoms with van der Waals surface area (Å²) in [6.07, 6.45) is 5.82. The number of aromatic nitrogens is 2. The third-order valence-corrected chi connectivity index (χ3v) is 3.01. The average molecular weight is 253 g/mol. The van der Waals surface area contributed by atoms with Crippen molar-refractivity contribution in [2.75, 3.05) is 13.1 Å². The van der Waals surface area contributed by atoms with Gasteiger partial charge in [-0.2, -0.15) is 5.10 Å². The molecule has 0 fully saturated rings. The molecular formula is C13H23N3O2. The van der Waals surface area contributed by atoms with E-state index in [1.54, 1.807) is 4.68 Å². The summed E-state index contributed by atoms with van der Waals surface area (Å²) in [5, 5.41) is 12.8. The summed E-state index contributed by atoms with van der Waals surface area (Å²) in [4.78, 5) is 12.8. The third-order valence-electron chi connectivity index (χ3n) is 3.01. The molecule has 5 heteroatoms. The minimum atomic E-state index is -0.717. The highest BCUT2D eigenvalue weighted by Crippen LogP contribution is 2.05. The SMILES string of the molecule is CC(C)N(CCCC(=O)O)CCc1cnn(C)c1. The van der Waals surface area contributed by atoms with Crippen LogP contribution >= 0.6 is 0 Å². The Morgan fingerprint density at radius 3 is 2.72 bits per heavy atom. The van der Waals surface area contributed by atoms with Crippen molar-refractivity contribution < 1.29 is 9.90 Å². The third kappa shape index (κ3) is 5.31. The molecule has 0 aliphatic carbocycles. The number of hydrogen-bond donors (Lipinski definition) is 1. The zero-order valence-corrected chi connectivity index (χ0v) is 11.5. The largest absolute Gasteiger partial charge is 0.481 e. The van der Waals surface area contributed by atoms with Crippen LogP contribution in [0.1, 0.15) is 32.3 Å². The lowest BCUT2D eigenvalue weighted by Crippen LogP contribution is -2.33. The molecule has 0 amide bonds. The lowest BCUT2D eigenvalue weighted by molar-refractivity contribution is -0.137. The first-order valence-electron chi connectivity index (χ1n) is 6.42. The molecule has 0 spiro atoms. The molecule has 5 nitrogen and oxygen atoms in total. The van der Waals surface area contributed by atoms with Crippen LogP contribution in [-0.2, 0) is 18.3 Å². The van der Waals surface area contributed by atoms with Gasteiger partial charge in [0.05, 0.1) is 6.20 Å². The Balaban J connectivity index is 2.35. The normalized spacial score (nSPS) is 11.4. The van der Waals surface area contributed by atoms with E-state index in [2.05, 4.69) is 23.8 Å². The predicted octanol–water partition coefficient (Wildman–Crippen LogP) is 1.54. The Bertz CT molecular complexity index is 374. The van der Waals surface area contributed by atoms with Crippen molar-refractivity contribution in [1.29, 1.82) is 0 Å². The summed E-state index contributed by atoms with van der Waals surface area (Å²) in [6, 6.07) is 0.440. The van der Waals surface area contributed by atoms with Crippen LogP contribution in [0.3, 0.4) is 0 Å². The maximum atomic E-state index is 10.5. The Kier molecular flexibility index (Phi) is 5.85. The summed E-state index contributed by atoms with van der Waals surface area (Å²) in [5.41, 5.74) is 1.22. The molecule has 0 bridgehead atoms. The van der Waals surface area contributed by atoms with Crippen molar-refractivity contribution in [2.45, 2.75) is 39.2 Å². The van der Waals surface area contributed by atoms with Crippen molar-refractivity contribution in [3.63, 3.8) is 0 Å². The standard InChI is InChI=1S/C13H23N3O2/c1-11(2)16(7-4-5-13(17)18)8-6-12-9-14-15(3)10-12/h9-11H,4-8H2,1-3H3,(H,17,18). The summed E-state index contributed by atoms with van der Waals surface area (Å²) in [5.74, 6) is -0.717. The lowest BCUT2D eigenvalue weighted by Gasteiger charge is -2.25. The van der Waals surface area contributed by atoms with Crippen molar-refractivity contribution in [1.82, 2.24) is 14.7 Å². The quantitative estimate of drug-likeness (QED) is 0.763. The van der Waals surface area contributed by atoms with Gasteiger partial charge in [-0.25, -0.2) is 0 Å². The number of aliphatic carboxylic acids is 1. The van der Waals surface area contributed by atoms with Crippen molar-refractivity contribution in [3.8, 4) is 0 Å². The van der Waals surface area contributed by atoms with Crippen LogP contribution in [0, 0.1) is 0 Å². The molecule has 0 saturated heterocycles. The number of hydrogen-bond acceptors (Lipinski definition) is 3. The summed E-state index contributed by atoms with van der Waals surface area (Å²) in [6.45, 7) is 6.07. The molecule has 0 aliphatic rings. The second-order valence-electron chi connectivity index (χ2n) is 4.90. The highest BCUT2D eigenvalue weighted by atomic mass is 16.4. The molecule has 0 saturated carbocycles. The van der Waals surface area contributed by atoms with E-state index in [0.717, 1.165) is 19.5 Å². The molecule has 0 atom stereocenters. The van der Waals surface area contributed by atoms with Gasteiger partial charge in [-0.1, -0.05) is 0 Å². The van der Waals surface area contributed by atoms with Crippen LogP contribution in [-0.4, -0.2) is 44.9 Å². The maximum absolute atomic E-state index is 10.5. The zero-order valence-electron chi connectivity index (χ0n) is 11.5. The van der Waals surface area contributed by atoms with Crippen molar-refractivity contribution >= 4 is 5.97 Å². The van der Waals surface area contributed by atoms with E-state index in [1.807, 2.05) is 19.4 Å². The average Bonchev–Trinajstić information content (AvgIpc) is 2.68. The molecule has 1 N–H and O–H groups in total. The van der Waals surface area contributed by atoms with Gasteiger partial charge in [-0.05, 0) is 38.8 Å². The monoisotopic (exact) mass is 253 g/mol. The first-order chi connectivity index (χ1) is 8.49. The molecule has 1 aromatic rings. The van der Waals surface area contributed by atoms with Gasteiger partial charge in [-0.3, -0.25) is 9.48 Å². The molecule has 1 rings (SSSR count). The van der Waals surface area contributed by atoms with Gasteiger partial charge >= 0.3 is 5.97 Å². The highest BCUT2D eigenvalue weighted by molar-refractivity contribution is 5.66. The van der Waals surface area contributed by atoms with E-state index >= 15 is 0 Å². The number of carboxylic acid groups (broad SMARTS) is 1. The molecule has 1 aromatic heterocycles. The van der Waals surface area contributed by atoms with Crippen LogP contribution in [0.5, 0.6) is 0 Å². The second-order valence-corrected chi connectivity index (χ2v) is 4.90. The number of aryl methyl sites for hydroxylation is 1. The number of rotatable bonds is 8. The van der Waals surface area contributed by atoms with Crippen LogP contribution < -0.4 is 0 Å². The van der Waals surface area contributed by atoms with Gasteiger partial charge in [0.2, 0.25) is 0 Å². The van der Waals surface area contributed by atoms with Gasteiger partial charge in [0.25, 0.3) is 0 Å². The molecule has 1 heterocycles. The van der Waals surface area contributed by atoms with Gasteiger partial charge in [0, 0.05) is 32.3 Å². The minimum Gasteiger partial charge on any atom is -0.481 e. The molecular weight excluding hydrogens is 230 g/mol. The summed E-state index contributed by atoms with van der Waals surface area (Å²) >= 11 is 0. The van der Waals surface area contributed by atoms with Crippen LogP contribution in [0.2, 0.25) is 0 Å². The van der Waals surface area contributed by atoms with Crippen LogP contribution in [0.25, 0.3) is 0 Å². The molecule has 102 valence electrons. The fourth-order valence-corrected chi connectivity index (χ4v) is 1.94. The van der Waals surface area contributed by atoms with E-state index in [4.69, 9.17) is 5.11 Å². The molecule has 0 radical (unpaired) electrons. The van der Waals surface area contributed by atoms with E-state index in [-0.39, 0.29) is 6.42 Å². The number of carbonyl (C=O) groups is 1. The smallest absolute Gasteiger partial charge is 0.303 e. The van der Waals surface area contributed by atoms with Gasteiger partial charge < -0.3 is 10.0 Å². The Morgan fingerprint density at radius 2 is 2.22 bits per heavy atom. The predicted molar refractivity (Wildman–Crippen MR) is 70.5 cm³/mol. The molecule has 0 aliphatic heterocycles. The summed E-state index contributed by atoms with van der Waals surface area (Å²) in [7, 11) is 1.91. The zero-order chi connectivity index (χ0) is 13.5. The van der Waals surface area contributed by atoms with Gasteiger partial charge in [0.1, 0.15) is 0 Å². The fourth-order valence-electron chi connectivity index (χ4n) is 1.94. The highest BCUT2D eigenvalue weighted by Gasteiger charge is 2.10. The Labute approximate surface area is 108 Å². The Morgan fingerprint density at radius 1 is 1.50 bits per heavy atom. The number of carboxylic acids is 1. The molecule has 0 aromatic carbocycles. The summed E-state index contributed by atoms with van der Waals surface area (Å²) < 4.78 is 1.81.